The minimum atomic E-state index is -0.665. The number of rotatable bonds is 5. The fourth-order valence-electron chi connectivity index (χ4n) is 3.21. The Hall–Kier alpha value is -3.81. The first-order valence-corrected chi connectivity index (χ1v) is 10.5. The molecule has 4 rings (SSSR count). The average molecular weight is 482 g/mol. The van der Waals surface area contributed by atoms with Gasteiger partial charge in [0.15, 0.2) is 5.75 Å². The lowest BCUT2D eigenvalue weighted by molar-refractivity contribution is -0.120. The second-order valence-corrected chi connectivity index (χ2v) is 8.06. The molecule has 1 heterocycles. The van der Waals surface area contributed by atoms with Gasteiger partial charge in [0.1, 0.15) is 10.7 Å². The zero-order valence-corrected chi connectivity index (χ0v) is 18.8. The normalized spacial score (nSPS) is 13.5. The van der Waals surface area contributed by atoms with Gasteiger partial charge in [-0.2, -0.15) is 0 Å². The smallest absolute Gasteiger partial charge is 0.343 e. The van der Waals surface area contributed by atoms with Gasteiger partial charge in [-0.3, -0.25) is 9.59 Å². The Morgan fingerprint density at radius 1 is 0.970 bits per heavy atom. The topological polar surface area (TPSA) is 102 Å². The zero-order chi connectivity index (χ0) is 23.7. The molecule has 0 spiro atoms. The fourth-order valence-corrected chi connectivity index (χ4v) is 3.61. The first kappa shape index (κ1) is 22.4. The molecule has 0 aromatic heterocycles. The second-order valence-electron chi connectivity index (χ2n) is 7.25. The molecule has 1 aliphatic heterocycles. The third-order valence-corrected chi connectivity index (χ3v) is 5.44. The van der Waals surface area contributed by atoms with Crippen LogP contribution < -0.4 is 20.7 Å². The summed E-state index contributed by atoms with van der Waals surface area (Å²) in [6.45, 7) is 1.88. The van der Waals surface area contributed by atoms with Crippen molar-refractivity contribution in [3.05, 3.63) is 93.6 Å². The van der Waals surface area contributed by atoms with Gasteiger partial charge in [-0.15, -0.1) is 0 Å². The van der Waals surface area contributed by atoms with Crippen LogP contribution in [0.25, 0.3) is 0 Å². The van der Waals surface area contributed by atoms with Crippen LogP contribution in [0.5, 0.6) is 5.75 Å². The summed E-state index contributed by atoms with van der Waals surface area (Å²) < 4.78 is 5.35. The number of nitrogens with one attached hydrogen (secondary N) is 1. The first-order valence-electron chi connectivity index (χ1n) is 9.74. The Balaban J connectivity index is 1.49. The predicted octanol–water partition coefficient (Wildman–Crippen LogP) is 4.89. The van der Waals surface area contributed by atoms with Crippen molar-refractivity contribution >= 4 is 58.0 Å². The molecule has 1 aliphatic rings. The number of nitrogen functional groups attached to an aromatic ring is 1. The summed E-state index contributed by atoms with van der Waals surface area (Å²) in [5.74, 6) is -1.61. The quantitative estimate of drug-likeness (QED) is 0.233. The van der Waals surface area contributed by atoms with Crippen LogP contribution in [0.15, 0.2) is 77.5 Å². The molecule has 3 aromatic carbocycles. The number of esters is 1. The molecule has 0 saturated heterocycles. The van der Waals surface area contributed by atoms with Gasteiger partial charge in [-0.25, -0.2) is 9.69 Å². The number of aryl methyl sites for hydroxylation is 1. The van der Waals surface area contributed by atoms with Crippen molar-refractivity contribution in [2.24, 2.45) is 0 Å². The molecule has 7 nitrogen and oxygen atoms in total. The third-order valence-electron chi connectivity index (χ3n) is 4.85. The number of hydrogen-bond acceptors (Lipinski definition) is 6. The summed E-state index contributed by atoms with van der Waals surface area (Å²) in [4.78, 5) is 38.8. The van der Waals surface area contributed by atoms with E-state index in [2.05, 4.69) is 5.32 Å². The molecule has 33 heavy (non-hydrogen) atoms. The minimum absolute atomic E-state index is 0.0793. The number of imide groups is 1. The van der Waals surface area contributed by atoms with E-state index >= 15 is 0 Å². The van der Waals surface area contributed by atoms with Gasteiger partial charge in [0.2, 0.25) is 0 Å². The van der Waals surface area contributed by atoms with Crippen LogP contribution in [0, 0.1) is 6.92 Å². The summed E-state index contributed by atoms with van der Waals surface area (Å²) in [6.07, 6.45) is 0. The average Bonchev–Trinajstić information content (AvgIpc) is 2.99. The van der Waals surface area contributed by atoms with Crippen molar-refractivity contribution in [2.75, 3.05) is 16.0 Å². The van der Waals surface area contributed by atoms with Crippen LogP contribution in [-0.4, -0.2) is 17.8 Å². The number of benzene rings is 3. The fraction of sp³-hybridized carbons (Fsp3) is 0.0417. The van der Waals surface area contributed by atoms with Crippen molar-refractivity contribution in [1.29, 1.82) is 0 Å². The summed E-state index contributed by atoms with van der Waals surface area (Å²) in [5, 5.41) is 2.97. The lowest BCUT2D eigenvalue weighted by atomic mass is 10.2. The Morgan fingerprint density at radius 3 is 2.36 bits per heavy atom. The molecule has 0 bridgehead atoms. The lowest BCUT2D eigenvalue weighted by Gasteiger charge is -2.15. The van der Waals surface area contributed by atoms with Gasteiger partial charge in [-0.05, 0) is 67.1 Å². The van der Waals surface area contributed by atoms with Crippen molar-refractivity contribution < 1.29 is 19.1 Å². The molecular formula is C24H17Cl2N3O4. The molecule has 0 saturated carbocycles. The second kappa shape index (κ2) is 8.97. The number of ether oxygens (including phenoxy) is 1. The van der Waals surface area contributed by atoms with Crippen molar-refractivity contribution in [1.82, 2.24) is 0 Å². The van der Waals surface area contributed by atoms with Gasteiger partial charge in [0.05, 0.1) is 16.9 Å². The standard InChI is InChI=1S/C24H17Cl2N3O4/c1-13-5-10-19(18(27)11-13)33-24(32)14-6-8-16(9-7-14)28-21-20(26)22(30)29(23(21)31)17-4-2-3-15(25)12-17/h2-12,28H,27H2,1H3. The van der Waals surface area contributed by atoms with Crippen LogP contribution in [-0.2, 0) is 9.59 Å². The van der Waals surface area contributed by atoms with Gasteiger partial charge < -0.3 is 15.8 Å². The number of carbonyl (C=O) groups excluding carboxylic acids is 3. The van der Waals surface area contributed by atoms with E-state index in [0.717, 1.165) is 10.5 Å². The largest absolute Gasteiger partial charge is 0.421 e. The van der Waals surface area contributed by atoms with Gasteiger partial charge in [0.25, 0.3) is 11.8 Å². The summed E-state index contributed by atoms with van der Waals surface area (Å²) in [7, 11) is 0. The van der Waals surface area contributed by atoms with E-state index < -0.39 is 17.8 Å². The van der Waals surface area contributed by atoms with E-state index in [1.165, 1.54) is 18.2 Å². The van der Waals surface area contributed by atoms with E-state index in [-0.39, 0.29) is 22.0 Å². The van der Waals surface area contributed by atoms with E-state index in [1.54, 1.807) is 48.5 Å². The maximum atomic E-state index is 12.8. The van der Waals surface area contributed by atoms with Crippen molar-refractivity contribution in [3.8, 4) is 5.75 Å². The Bertz CT molecular complexity index is 1320. The van der Waals surface area contributed by atoms with E-state index in [4.69, 9.17) is 33.7 Å². The van der Waals surface area contributed by atoms with Crippen molar-refractivity contribution in [3.63, 3.8) is 0 Å². The molecule has 0 aliphatic carbocycles. The van der Waals surface area contributed by atoms with Crippen LogP contribution in [0.2, 0.25) is 5.02 Å². The number of halogens is 2. The van der Waals surface area contributed by atoms with E-state index in [9.17, 15) is 14.4 Å². The Kier molecular flexibility index (Phi) is 6.09. The number of amides is 2. The van der Waals surface area contributed by atoms with Gasteiger partial charge in [0, 0.05) is 10.7 Å². The summed E-state index contributed by atoms with van der Waals surface area (Å²) >= 11 is 12.1. The highest BCUT2D eigenvalue weighted by atomic mass is 35.5. The molecule has 166 valence electrons. The highest BCUT2D eigenvalue weighted by Gasteiger charge is 2.39. The van der Waals surface area contributed by atoms with Crippen LogP contribution in [0.3, 0.4) is 0 Å². The molecular weight excluding hydrogens is 465 g/mol. The van der Waals surface area contributed by atoms with Crippen LogP contribution >= 0.6 is 23.2 Å². The number of nitrogens with two attached hydrogens (primary N) is 1. The Morgan fingerprint density at radius 2 is 1.70 bits per heavy atom. The first-order chi connectivity index (χ1) is 15.7. The van der Waals surface area contributed by atoms with E-state index in [1.807, 2.05) is 6.92 Å². The van der Waals surface area contributed by atoms with Gasteiger partial charge in [-0.1, -0.05) is 35.3 Å². The predicted molar refractivity (Wildman–Crippen MR) is 127 cm³/mol. The summed E-state index contributed by atoms with van der Waals surface area (Å²) in [5.41, 5.74) is 8.14. The van der Waals surface area contributed by atoms with E-state index in [0.29, 0.717) is 22.1 Å². The number of hydrogen-bond donors (Lipinski definition) is 2. The number of anilines is 3. The highest BCUT2D eigenvalue weighted by Crippen LogP contribution is 2.31. The highest BCUT2D eigenvalue weighted by molar-refractivity contribution is 6.53. The minimum Gasteiger partial charge on any atom is -0.421 e. The molecule has 0 unspecified atom stereocenters. The number of nitrogens with zero attached hydrogens (tertiary/aromatic N) is 1. The maximum absolute atomic E-state index is 12.8. The lowest BCUT2D eigenvalue weighted by Crippen LogP contribution is -2.32. The third kappa shape index (κ3) is 4.55. The molecule has 2 amide bonds. The van der Waals surface area contributed by atoms with Crippen molar-refractivity contribution in [2.45, 2.75) is 6.92 Å². The number of carbonyl (C=O) groups is 3. The molecule has 3 N–H and O–H groups in total. The zero-order valence-electron chi connectivity index (χ0n) is 17.3. The van der Waals surface area contributed by atoms with Crippen LogP contribution in [0.1, 0.15) is 15.9 Å². The Labute approximate surface area is 199 Å². The molecule has 0 atom stereocenters. The molecule has 0 radical (unpaired) electrons. The SMILES string of the molecule is Cc1ccc(OC(=O)c2ccc(NC3=C(Cl)C(=O)N(c4cccc(Cl)c4)C3=O)cc2)c(N)c1. The maximum Gasteiger partial charge on any atom is 0.343 e. The molecule has 0 fully saturated rings. The van der Waals surface area contributed by atoms with Crippen LogP contribution in [0.4, 0.5) is 17.1 Å². The molecule has 9 heteroatoms. The molecule has 3 aromatic rings. The van der Waals surface area contributed by atoms with Gasteiger partial charge >= 0.3 is 5.97 Å². The summed E-state index contributed by atoms with van der Waals surface area (Å²) in [6, 6.07) is 17.6. The monoisotopic (exact) mass is 481 g/mol.